The maximum atomic E-state index is 13.5. The van der Waals surface area contributed by atoms with Crippen LogP contribution in [0.3, 0.4) is 0 Å². The summed E-state index contributed by atoms with van der Waals surface area (Å²) >= 11 is 0. The molecule has 1 aromatic rings. The van der Waals surface area contributed by atoms with Crippen molar-refractivity contribution < 1.29 is 9.31 Å². The van der Waals surface area contributed by atoms with Crippen molar-refractivity contribution in [3.8, 4) is 0 Å². The molecule has 128 valence electrons. The van der Waals surface area contributed by atoms with Crippen molar-refractivity contribution in [1.29, 1.82) is 0 Å². The molecule has 1 heterocycles. The van der Waals surface area contributed by atoms with Gasteiger partial charge in [-0.1, -0.05) is 19.3 Å². The number of nitro groups is 1. The normalized spacial score (nSPS) is 20.9. The maximum absolute atomic E-state index is 13.5. The molecule has 1 aliphatic carbocycles. The molecule has 0 unspecified atom stereocenters. The Kier molecular flexibility index (Phi) is 5.95. The van der Waals surface area contributed by atoms with Gasteiger partial charge in [0.2, 0.25) is 0 Å². The zero-order valence-electron chi connectivity index (χ0n) is 13.1. The van der Waals surface area contributed by atoms with E-state index in [0.29, 0.717) is 12.1 Å². The quantitative estimate of drug-likeness (QED) is 0.676. The summed E-state index contributed by atoms with van der Waals surface area (Å²) in [5, 5.41) is 14.7. The molecule has 0 aromatic heterocycles. The van der Waals surface area contributed by atoms with Crippen molar-refractivity contribution in [2.45, 2.75) is 44.2 Å². The third-order valence-corrected chi connectivity index (χ3v) is 5.07. The van der Waals surface area contributed by atoms with E-state index in [2.05, 4.69) is 10.2 Å². The number of halogens is 2. The second-order valence-corrected chi connectivity index (χ2v) is 6.41. The van der Waals surface area contributed by atoms with Crippen LogP contribution < -0.4 is 5.32 Å². The number of benzene rings is 1. The zero-order chi connectivity index (χ0) is 15.6. The van der Waals surface area contributed by atoms with E-state index in [9.17, 15) is 14.5 Å². The maximum Gasteiger partial charge on any atom is 0.274 e. The highest BCUT2D eigenvalue weighted by Crippen LogP contribution is 2.36. The predicted molar refractivity (Wildman–Crippen MR) is 89.4 cm³/mol. The number of rotatable bonds is 3. The van der Waals surface area contributed by atoms with Gasteiger partial charge in [-0.05, 0) is 25.0 Å². The van der Waals surface area contributed by atoms with E-state index in [1.165, 1.54) is 31.4 Å². The smallest absolute Gasteiger partial charge is 0.274 e. The van der Waals surface area contributed by atoms with Crippen molar-refractivity contribution in [2.75, 3.05) is 19.6 Å². The molecule has 1 saturated heterocycles. The van der Waals surface area contributed by atoms with E-state index in [1.54, 1.807) is 0 Å². The molecule has 1 aromatic carbocycles. The van der Waals surface area contributed by atoms with Crippen molar-refractivity contribution in [1.82, 2.24) is 10.2 Å². The van der Waals surface area contributed by atoms with E-state index in [4.69, 9.17) is 0 Å². The zero-order valence-corrected chi connectivity index (χ0v) is 13.9. The molecule has 0 amide bonds. The van der Waals surface area contributed by atoms with Crippen LogP contribution in [-0.2, 0) is 6.54 Å². The van der Waals surface area contributed by atoms with E-state index in [1.807, 2.05) is 0 Å². The Morgan fingerprint density at radius 1 is 1.30 bits per heavy atom. The van der Waals surface area contributed by atoms with Gasteiger partial charge in [0.25, 0.3) is 5.69 Å². The number of nitro benzene ring substituents is 1. The molecule has 0 radical (unpaired) electrons. The largest absolute Gasteiger partial charge is 0.314 e. The average Bonchev–Trinajstić information content (AvgIpc) is 2.50. The Morgan fingerprint density at radius 3 is 2.74 bits per heavy atom. The van der Waals surface area contributed by atoms with Gasteiger partial charge in [-0.25, -0.2) is 4.39 Å². The molecule has 1 saturated carbocycles. The van der Waals surface area contributed by atoms with E-state index in [0.717, 1.165) is 38.5 Å². The van der Waals surface area contributed by atoms with Crippen molar-refractivity contribution >= 4 is 18.1 Å². The molecular formula is C16H23ClFN3O2. The first-order chi connectivity index (χ1) is 10.6. The first-order valence-corrected chi connectivity index (χ1v) is 7.99. The second kappa shape index (κ2) is 7.55. The van der Waals surface area contributed by atoms with Crippen LogP contribution in [0, 0.1) is 15.9 Å². The third kappa shape index (κ3) is 3.82. The SMILES string of the molecule is Cl.O=[N+]([O-])c1ccc(F)cc1CN1CCNCC12CCCCC2. The summed E-state index contributed by atoms with van der Waals surface area (Å²) in [5.74, 6) is -0.409. The molecule has 7 heteroatoms. The summed E-state index contributed by atoms with van der Waals surface area (Å²) in [6.07, 6.45) is 5.88. The molecule has 5 nitrogen and oxygen atoms in total. The summed E-state index contributed by atoms with van der Waals surface area (Å²) in [5.41, 5.74) is 0.583. The van der Waals surface area contributed by atoms with E-state index < -0.39 is 10.7 Å². The molecule has 2 aliphatic rings. The van der Waals surface area contributed by atoms with Gasteiger partial charge in [0.1, 0.15) is 5.82 Å². The third-order valence-electron chi connectivity index (χ3n) is 5.07. The van der Waals surface area contributed by atoms with Gasteiger partial charge in [-0.3, -0.25) is 15.0 Å². The molecular weight excluding hydrogens is 321 g/mol. The number of nitrogens with zero attached hydrogens (tertiary/aromatic N) is 2. The highest BCUT2D eigenvalue weighted by atomic mass is 35.5. The van der Waals surface area contributed by atoms with Crippen LogP contribution in [0.2, 0.25) is 0 Å². The first-order valence-electron chi connectivity index (χ1n) is 7.99. The van der Waals surface area contributed by atoms with Gasteiger partial charge < -0.3 is 5.32 Å². The molecule has 2 fully saturated rings. The number of nitrogens with one attached hydrogen (secondary N) is 1. The fourth-order valence-electron chi connectivity index (χ4n) is 3.90. The lowest BCUT2D eigenvalue weighted by atomic mass is 9.79. The van der Waals surface area contributed by atoms with Gasteiger partial charge >= 0.3 is 0 Å². The van der Waals surface area contributed by atoms with Gasteiger partial charge in [-0.15, -0.1) is 12.4 Å². The van der Waals surface area contributed by atoms with Crippen molar-refractivity contribution in [3.63, 3.8) is 0 Å². The monoisotopic (exact) mass is 343 g/mol. The Hall–Kier alpha value is -1.24. The fraction of sp³-hybridized carbons (Fsp3) is 0.625. The molecule has 1 aliphatic heterocycles. The van der Waals surface area contributed by atoms with E-state index >= 15 is 0 Å². The summed E-state index contributed by atoms with van der Waals surface area (Å²) in [6, 6.07) is 3.76. The van der Waals surface area contributed by atoms with Crippen LogP contribution in [0.1, 0.15) is 37.7 Å². The van der Waals surface area contributed by atoms with Crippen LogP contribution in [0.25, 0.3) is 0 Å². The summed E-state index contributed by atoms with van der Waals surface area (Å²) < 4.78 is 13.5. The van der Waals surface area contributed by atoms with Gasteiger partial charge in [0.15, 0.2) is 0 Å². The molecule has 23 heavy (non-hydrogen) atoms. The molecule has 0 atom stereocenters. The summed E-state index contributed by atoms with van der Waals surface area (Å²) in [7, 11) is 0. The Bertz CT molecular complexity index is 556. The van der Waals surface area contributed by atoms with Crippen LogP contribution in [0.15, 0.2) is 18.2 Å². The Labute approximate surface area is 141 Å². The van der Waals surface area contributed by atoms with Crippen molar-refractivity contribution in [3.05, 3.63) is 39.7 Å². The summed E-state index contributed by atoms with van der Waals surface area (Å²) in [4.78, 5) is 13.1. The Morgan fingerprint density at radius 2 is 2.04 bits per heavy atom. The van der Waals surface area contributed by atoms with Crippen LogP contribution >= 0.6 is 12.4 Å². The Balaban J connectivity index is 0.00000192. The number of hydrogen-bond acceptors (Lipinski definition) is 4. The lowest BCUT2D eigenvalue weighted by Crippen LogP contribution is -2.61. The fourth-order valence-corrected chi connectivity index (χ4v) is 3.90. The highest BCUT2D eigenvalue weighted by Gasteiger charge is 2.40. The molecule has 0 bridgehead atoms. The first kappa shape index (κ1) is 18.1. The number of hydrogen-bond donors (Lipinski definition) is 1. The number of piperazine rings is 1. The van der Waals surface area contributed by atoms with Crippen LogP contribution in [-0.4, -0.2) is 35.0 Å². The molecule has 1 N–H and O–H groups in total. The van der Waals surface area contributed by atoms with Crippen LogP contribution in [0.4, 0.5) is 10.1 Å². The van der Waals surface area contributed by atoms with Gasteiger partial charge in [0.05, 0.1) is 4.92 Å². The second-order valence-electron chi connectivity index (χ2n) is 6.41. The minimum Gasteiger partial charge on any atom is -0.314 e. The van der Waals surface area contributed by atoms with Crippen molar-refractivity contribution in [2.24, 2.45) is 0 Å². The average molecular weight is 344 g/mol. The van der Waals surface area contributed by atoms with Gasteiger partial charge in [0, 0.05) is 43.3 Å². The molecule has 1 spiro atoms. The minimum atomic E-state index is -0.412. The van der Waals surface area contributed by atoms with Crippen LogP contribution in [0.5, 0.6) is 0 Å². The lowest BCUT2D eigenvalue weighted by molar-refractivity contribution is -0.385. The molecule has 3 rings (SSSR count). The lowest BCUT2D eigenvalue weighted by Gasteiger charge is -2.50. The topological polar surface area (TPSA) is 58.4 Å². The van der Waals surface area contributed by atoms with E-state index in [-0.39, 0.29) is 23.6 Å². The predicted octanol–water partition coefficient (Wildman–Crippen LogP) is 3.26. The standard InChI is InChI=1S/C16H22FN3O2.ClH/c17-14-4-5-15(20(21)22)13(10-14)11-19-9-8-18-12-16(19)6-2-1-3-7-16;/h4-5,10,18H,1-3,6-9,11-12H2;1H. The summed E-state index contributed by atoms with van der Waals surface area (Å²) in [6.45, 7) is 3.12. The minimum absolute atomic E-state index is 0. The highest BCUT2D eigenvalue weighted by molar-refractivity contribution is 5.85. The van der Waals surface area contributed by atoms with Gasteiger partial charge in [-0.2, -0.15) is 0 Å².